The molecule has 1 aliphatic carbocycles. The van der Waals surface area contributed by atoms with Crippen LogP contribution < -0.4 is 10.6 Å². The van der Waals surface area contributed by atoms with Crippen LogP contribution in [0, 0.1) is 17.8 Å². The van der Waals surface area contributed by atoms with E-state index >= 15 is 0 Å². The summed E-state index contributed by atoms with van der Waals surface area (Å²) in [6.07, 6.45) is 2.86. The highest BCUT2D eigenvalue weighted by molar-refractivity contribution is 5.80. The number of carbonyl (C=O) groups excluding carboxylic acids is 2. The van der Waals surface area contributed by atoms with Gasteiger partial charge in [0.15, 0.2) is 0 Å². The fourth-order valence-electron chi connectivity index (χ4n) is 4.95. The molecule has 0 aromatic rings. The van der Waals surface area contributed by atoms with Gasteiger partial charge in [0.2, 0.25) is 11.8 Å². The summed E-state index contributed by atoms with van der Waals surface area (Å²) in [5, 5.41) is 6.04. The number of rotatable bonds is 11. The summed E-state index contributed by atoms with van der Waals surface area (Å²) >= 11 is 0. The fraction of sp³-hybridized carbons (Fsp3) is 0.905. The Morgan fingerprint density at radius 3 is 2.32 bits per heavy atom. The van der Waals surface area contributed by atoms with Crippen LogP contribution in [0.1, 0.15) is 46.5 Å². The first-order chi connectivity index (χ1) is 13.3. The van der Waals surface area contributed by atoms with Gasteiger partial charge < -0.3 is 25.0 Å². The van der Waals surface area contributed by atoms with Gasteiger partial charge >= 0.3 is 0 Å². The number of fused-ring (bicyclic) bond motifs is 1. The standard InChI is InChI=1S/C21H39N3O4/c1-8-12(2)19(22-4)17(27-6)11-18(25)24-15-9-14(15)10-16(24)20(28-7)13(3)21(26)23-5/h12-17,19-20,22H,8-11H2,1-7H3,(H,23,26). The number of nitrogens with one attached hydrogen (secondary N) is 2. The second-order valence-electron chi connectivity index (χ2n) is 8.45. The Morgan fingerprint density at radius 2 is 1.82 bits per heavy atom. The molecule has 0 spiro atoms. The van der Waals surface area contributed by atoms with Gasteiger partial charge in [-0.25, -0.2) is 0 Å². The van der Waals surface area contributed by atoms with Gasteiger partial charge in [-0.2, -0.15) is 0 Å². The molecule has 0 aromatic carbocycles. The van der Waals surface area contributed by atoms with Crippen LogP contribution in [-0.2, 0) is 19.1 Å². The Labute approximate surface area is 169 Å². The summed E-state index contributed by atoms with van der Waals surface area (Å²) < 4.78 is 11.5. The number of likely N-dealkylation sites (N-methyl/N-ethyl adjacent to an activating group) is 1. The number of hydrogen-bond donors (Lipinski definition) is 2. The van der Waals surface area contributed by atoms with Crippen molar-refractivity contribution >= 4 is 11.8 Å². The smallest absolute Gasteiger partial charge is 0.225 e. The van der Waals surface area contributed by atoms with E-state index in [1.54, 1.807) is 21.3 Å². The van der Waals surface area contributed by atoms with Crippen molar-refractivity contribution in [3.8, 4) is 0 Å². The monoisotopic (exact) mass is 397 g/mol. The van der Waals surface area contributed by atoms with Crippen LogP contribution in [0.4, 0.5) is 0 Å². The average molecular weight is 398 g/mol. The summed E-state index contributed by atoms with van der Waals surface area (Å²) in [5.41, 5.74) is 0. The lowest BCUT2D eigenvalue weighted by Gasteiger charge is -2.37. The Balaban J connectivity index is 2.14. The van der Waals surface area contributed by atoms with E-state index in [1.165, 1.54) is 0 Å². The molecule has 2 fully saturated rings. The second kappa shape index (κ2) is 10.0. The molecule has 0 radical (unpaired) electrons. The molecular weight excluding hydrogens is 358 g/mol. The summed E-state index contributed by atoms with van der Waals surface area (Å²) in [4.78, 5) is 27.5. The molecule has 1 aliphatic heterocycles. The van der Waals surface area contributed by atoms with Crippen LogP contribution in [0.2, 0.25) is 0 Å². The maximum absolute atomic E-state index is 13.3. The van der Waals surface area contributed by atoms with Gasteiger partial charge in [0, 0.05) is 33.4 Å². The van der Waals surface area contributed by atoms with E-state index in [0.29, 0.717) is 24.3 Å². The molecule has 7 heteroatoms. The molecule has 162 valence electrons. The predicted molar refractivity (Wildman–Crippen MR) is 109 cm³/mol. The van der Waals surface area contributed by atoms with Crippen LogP contribution in [0.15, 0.2) is 0 Å². The summed E-state index contributed by atoms with van der Waals surface area (Å²) in [7, 11) is 6.87. The molecule has 2 rings (SSSR count). The van der Waals surface area contributed by atoms with Crippen LogP contribution in [-0.4, -0.2) is 75.4 Å². The van der Waals surface area contributed by atoms with Crippen molar-refractivity contribution in [1.82, 2.24) is 15.5 Å². The molecule has 0 bridgehead atoms. The van der Waals surface area contributed by atoms with E-state index in [0.717, 1.165) is 19.3 Å². The predicted octanol–water partition coefficient (Wildman–Crippen LogP) is 1.41. The van der Waals surface area contributed by atoms with E-state index in [9.17, 15) is 9.59 Å². The molecule has 2 N–H and O–H groups in total. The van der Waals surface area contributed by atoms with Crippen molar-refractivity contribution in [2.24, 2.45) is 17.8 Å². The molecule has 1 saturated heterocycles. The largest absolute Gasteiger partial charge is 0.379 e. The highest BCUT2D eigenvalue weighted by Crippen LogP contribution is 2.50. The Morgan fingerprint density at radius 1 is 1.14 bits per heavy atom. The van der Waals surface area contributed by atoms with Gasteiger partial charge in [-0.3, -0.25) is 9.59 Å². The van der Waals surface area contributed by atoms with Gasteiger partial charge in [0.1, 0.15) is 0 Å². The normalized spacial score (nSPS) is 28.8. The molecule has 28 heavy (non-hydrogen) atoms. The number of nitrogens with zero attached hydrogens (tertiary/aromatic N) is 1. The molecule has 8 unspecified atom stereocenters. The molecule has 1 heterocycles. The number of likely N-dealkylation sites (tertiary alicyclic amines) is 1. The number of hydrogen-bond acceptors (Lipinski definition) is 5. The number of piperidine rings is 1. The van der Waals surface area contributed by atoms with E-state index in [2.05, 4.69) is 24.5 Å². The highest BCUT2D eigenvalue weighted by Gasteiger charge is 2.57. The second-order valence-corrected chi connectivity index (χ2v) is 8.45. The van der Waals surface area contributed by atoms with Crippen molar-refractivity contribution in [3.05, 3.63) is 0 Å². The van der Waals surface area contributed by atoms with Gasteiger partial charge in [-0.15, -0.1) is 0 Å². The first kappa shape index (κ1) is 23.1. The van der Waals surface area contributed by atoms with E-state index in [4.69, 9.17) is 9.47 Å². The van der Waals surface area contributed by atoms with Crippen molar-refractivity contribution in [2.45, 2.75) is 76.8 Å². The molecule has 0 aromatic heterocycles. The van der Waals surface area contributed by atoms with Crippen molar-refractivity contribution in [1.29, 1.82) is 0 Å². The average Bonchev–Trinajstić information content (AvgIpc) is 3.36. The van der Waals surface area contributed by atoms with E-state index in [-0.39, 0.29) is 42.0 Å². The number of carbonyl (C=O) groups is 2. The van der Waals surface area contributed by atoms with E-state index in [1.807, 2.05) is 18.9 Å². The first-order valence-corrected chi connectivity index (χ1v) is 10.6. The maximum atomic E-state index is 13.3. The highest BCUT2D eigenvalue weighted by atomic mass is 16.5. The minimum Gasteiger partial charge on any atom is -0.379 e. The number of amides is 2. The van der Waals surface area contributed by atoms with Gasteiger partial charge in [-0.05, 0) is 31.7 Å². The van der Waals surface area contributed by atoms with Crippen molar-refractivity contribution in [2.75, 3.05) is 28.3 Å². The summed E-state index contributed by atoms with van der Waals surface area (Å²) in [5.74, 6) is 0.694. The summed E-state index contributed by atoms with van der Waals surface area (Å²) in [6.45, 7) is 6.20. The zero-order valence-electron chi connectivity index (χ0n) is 18.5. The minimum absolute atomic E-state index is 0.0531. The fourth-order valence-corrected chi connectivity index (χ4v) is 4.95. The minimum atomic E-state index is -0.309. The molecule has 2 aliphatic rings. The Kier molecular flexibility index (Phi) is 8.28. The first-order valence-electron chi connectivity index (χ1n) is 10.6. The topological polar surface area (TPSA) is 79.9 Å². The summed E-state index contributed by atoms with van der Waals surface area (Å²) in [6, 6.07) is 0.363. The zero-order chi connectivity index (χ0) is 21.0. The SMILES string of the molecule is CCC(C)C(NC)C(CC(=O)N1C2CC2CC1C(OC)C(C)C(=O)NC)OC. The Hall–Kier alpha value is -1.18. The quantitative estimate of drug-likeness (QED) is 0.551. The third-order valence-electron chi connectivity index (χ3n) is 6.91. The van der Waals surface area contributed by atoms with Crippen molar-refractivity contribution < 1.29 is 19.1 Å². The lowest BCUT2D eigenvalue weighted by Crippen LogP contribution is -2.52. The lowest BCUT2D eigenvalue weighted by molar-refractivity contribution is -0.143. The van der Waals surface area contributed by atoms with Crippen molar-refractivity contribution in [3.63, 3.8) is 0 Å². The van der Waals surface area contributed by atoms with Crippen LogP contribution in [0.3, 0.4) is 0 Å². The maximum Gasteiger partial charge on any atom is 0.225 e. The van der Waals surface area contributed by atoms with Gasteiger partial charge in [0.25, 0.3) is 0 Å². The van der Waals surface area contributed by atoms with Gasteiger partial charge in [0.05, 0.1) is 30.6 Å². The van der Waals surface area contributed by atoms with Crippen LogP contribution in [0.5, 0.6) is 0 Å². The zero-order valence-corrected chi connectivity index (χ0v) is 18.5. The van der Waals surface area contributed by atoms with Crippen LogP contribution in [0.25, 0.3) is 0 Å². The molecular formula is C21H39N3O4. The van der Waals surface area contributed by atoms with Crippen LogP contribution >= 0.6 is 0 Å². The lowest BCUT2D eigenvalue weighted by atomic mass is 9.91. The number of methoxy groups -OCH3 is 2. The molecule has 1 saturated carbocycles. The molecule has 8 atom stereocenters. The number of ether oxygens (including phenoxy) is 2. The molecule has 7 nitrogen and oxygen atoms in total. The van der Waals surface area contributed by atoms with Gasteiger partial charge in [-0.1, -0.05) is 27.2 Å². The Bertz CT molecular complexity index is 544. The third kappa shape index (κ3) is 4.69. The third-order valence-corrected chi connectivity index (χ3v) is 6.91. The molecule has 2 amide bonds. The van der Waals surface area contributed by atoms with E-state index < -0.39 is 0 Å².